The van der Waals surface area contributed by atoms with Crippen LogP contribution in [-0.4, -0.2) is 38.3 Å². The third-order valence-electron chi connectivity index (χ3n) is 10.5. The maximum absolute atomic E-state index is 6.71. The van der Waals surface area contributed by atoms with Crippen LogP contribution in [0.1, 0.15) is 50.5 Å². The van der Waals surface area contributed by atoms with Gasteiger partial charge in [0, 0.05) is 44.2 Å². The number of H-pyrrole nitrogens is 2. The molecule has 1 fully saturated rings. The van der Waals surface area contributed by atoms with Crippen molar-refractivity contribution in [2.75, 3.05) is 0 Å². The number of rotatable bonds is 4. The van der Waals surface area contributed by atoms with Crippen LogP contribution in [-0.2, 0) is 9.31 Å². The predicted octanol–water partition coefficient (Wildman–Crippen LogP) is 9.96. The third-order valence-corrected chi connectivity index (χ3v) is 10.5. The second kappa shape index (κ2) is 11.9. The Kier molecular flexibility index (Phi) is 7.31. The standard InChI is InChI=1S/C44H37BN4O2/c1-43(2)44(3,4)51-45(50-43)42-37-26-24-35(48-37)40(29-16-10-6-11-17-29)33-22-20-31(46-33)39(28-14-8-5-9-15-28)32-21-23-34(47-32)41(30-18-12-7-13-19-30)36-25-27-38(42)49-36/h5-27,46,49H,1-4H3. The molecule has 248 valence electrons. The molecule has 0 unspecified atom stereocenters. The Balaban J connectivity index is 1.45. The number of nitrogens with one attached hydrogen (secondary N) is 2. The minimum absolute atomic E-state index is 0.531. The fourth-order valence-electron chi connectivity index (χ4n) is 7.16. The molecule has 3 aromatic carbocycles. The molecular formula is C44H37BN4O2. The number of aromatic amines is 2. The van der Waals surface area contributed by atoms with E-state index in [-0.39, 0.29) is 0 Å². The molecule has 3 aromatic heterocycles. The predicted molar refractivity (Wildman–Crippen MR) is 211 cm³/mol. The lowest BCUT2D eigenvalue weighted by Gasteiger charge is -2.32. The van der Waals surface area contributed by atoms with Gasteiger partial charge in [0.1, 0.15) is 0 Å². The molecule has 6 heterocycles. The highest BCUT2D eigenvalue weighted by Gasteiger charge is 2.52. The van der Waals surface area contributed by atoms with Crippen LogP contribution in [0.4, 0.5) is 0 Å². The first-order valence-electron chi connectivity index (χ1n) is 17.4. The van der Waals surface area contributed by atoms with E-state index in [4.69, 9.17) is 19.3 Å². The van der Waals surface area contributed by atoms with Crippen molar-refractivity contribution in [1.29, 1.82) is 0 Å². The Morgan fingerprint density at radius 2 is 0.765 bits per heavy atom. The Bertz CT molecular complexity index is 2480. The van der Waals surface area contributed by atoms with Gasteiger partial charge in [-0.15, -0.1) is 0 Å². The quantitative estimate of drug-likeness (QED) is 0.184. The molecule has 0 radical (unpaired) electrons. The summed E-state index contributed by atoms with van der Waals surface area (Å²) in [4.78, 5) is 18.3. The monoisotopic (exact) mass is 664 g/mol. The van der Waals surface area contributed by atoms with E-state index in [1.165, 1.54) is 0 Å². The summed E-state index contributed by atoms with van der Waals surface area (Å²) in [6, 6.07) is 39.9. The molecule has 1 saturated heterocycles. The average Bonchev–Trinajstić information content (AvgIpc) is 3.98. The molecule has 8 bridgehead atoms. The van der Waals surface area contributed by atoms with Crippen LogP contribution in [0.25, 0.3) is 79.8 Å². The molecule has 0 saturated carbocycles. The maximum atomic E-state index is 6.71. The summed E-state index contributed by atoms with van der Waals surface area (Å²) in [5.41, 5.74) is 13.2. The van der Waals surface area contributed by atoms with Gasteiger partial charge in [-0.05, 0) is 93.0 Å². The number of hydrogen-bond donors (Lipinski definition) is 2. The maximum Gasteiger partial charge on any atom is 0.499 e. The number of benzene rings is 3. The van der Waals surface area contributed by atoms with Crippen LogP contribution >= 0.6 is 0 Å². The van der Waals surface area contributed by atoms with Gasteiger partial charge in [-0.1, -0.05) is 91.0 Å². The van der Waals surface area contributed by atoms with Crippen LogP contribution in [0.15, 0.2) is 115 Å². The largest absolute Gasteiger partial charge is 0.499 e. The van der Waals surface area contributed by atoms with Gasteiger partial charge in [-0.3, -0.25) is 0 Å². The van der Waals surface area contributed by atoms with Crippen LogP contribution in [0.2, 0.25) is 0 Å². The molecule has 7 heteroatoms. The van der Waals surface area contributed by atoms with Crippen LogP contribution in [0, 0.1) is 0 Å². The summed E-state index contributed by atoms with van der Waals surface area (Å²) in [5.74, 6) is 0. The van der Waals surface area contributed by atoms with Crippen molar-refractivity contribution in [3.05, 3.63) is 138 Å². The SMILES string of the molecule is CC1(C)OB(c2c3nc(c(-c4ccccc4)c4ccc([nH]4)c(-c4ccccc4)c4nc(c(-c5ccccc5)c5ccc2[nH]5)C=C4)C=C3)OC1(C)C. The minimum Gasteiger partial charge on any atom is -0.399 e. The van der Waals surface area contributed by atoms with Gasteiger partial charge in [-0.2, -0.15) is 0 Å². The van der Waals surface area contributed by atoms with Crippen molar-refractivity contribution in [1.82, 2.24) is 19.9 Å². The highest BCUT2D eigenvalue weighted by atomic mass is 16.7. The summed E-state index contributed by atoms with van der Waals surface area (Å²) in [6.07, 6.45) is 8.42. The molecule has 3 aliphatic rings. The summed E-state index contributed by atoms with van der Waals surface area (Å²) < 4.78 is 13.4. The Morgan fingerprint density at radius 3 is 1.18 bits per heavy atom. The molecule has 6 aromatic rings. The summed E-state index contributed by atoms with van der Waals surface area (Å²) >= 11 is 0. The van der Waals surface area contributed by atoms with E-state index in [9.17, 15) is 0 Å². The van der Waals surface area contributed by atoms with Gasteiger partial charge in [0.25, 0.3) is 0 Å². The van der Waals surface area contributed by atoms with Gasteiger partial charge in [0.05, 0.1) is 34.0 Å². The van der Waals surface area contributed by atoms with E-state index in [0.717, 1.165) is 83.7 Å². The first-order valence-corrected chi connectivity index (χ1v) is 17.4. The number of aromatic nitrogens is 4. The van der Waals surface area contributed by atoms with Gasteiger partial charge < -0.3 is 19.3 Å². The lowest BCUT2D eigenvalue weighted by Crippen LogP contribution is -2.41. The van der Waals surface area contributed by atoms with Crippen molar-refractivity contribution in [3.63, 3.8) is 0 Å². The molecule has 0 atom stereocenters. The molecule has 6 nitrogen and oxygen atoms in total. The van der Waals surface area contributed by atoms with Crippen molar-refractivity contribution in [2.24, 2.45) is 0 Å². The fraction of sp³-hybridized carbons (Fsp3) is 0.136. The third kappa shape index (κ3) is 5.37. The van der Waals surface area contributed by atoms with E-state index >= 15 is 0 Å². The van der Waals surface area contributed by atoms with E-state index in [1.807, 2.05) is 18.2 Å². The highest BCUT2D eigenvalue weighted by molar-refractivity contribution is 6.65. The van der Waals surface area contributed by atoms with E-state index in [0.29, 0.717) is 0 Å². The number of hydrogen-bond acceptors (Lipinski definition) is 4. The zero-order valence-corrected chi connectivity index (χ0v) is 29.1. The second-order valence-corrected chi connectivity index (χ2v) is 14.2. The molecule has 0 spiro atoms. The topological polar surface area (TPSA) is 75.8 Å². The molecule has 9 rings (SSSR count). The Hall–Kier alpha value is -5.76. The lowest BCUT2D eigenvalue weighted by molar-refractivity contribution is 0.00578. The summed E-state index contributed by atoms with van der Waals surface area (Å²) in [6.45, 7) is 8.32. The zero-order chi connectivity index (χ0) is 34.7. The van der Waals surface area contributed by atoms with Gasteiger partial charge in [0.2, 0.25) is 0 Å². The van der Waals surface area contributed by atoms with Crippen LogP contribution in [0.3, 0.4) is 0 Å². The van der Waals surface area contributed by atoms with Crippen LogP contribution in [0.5, 0.6) is 0 Å². The van der Waals surface area contributed by atoms with E-state index in [1.54, 1.807) is 0 Å². The fourth-order valence-corrected chi connectivity index (χ4v) is 7.16. The number of fused-ring (bicyclic) bond motifs is 8. The molecule has 51 heavy (non-hydrogen) atoms. The van der Waals surface area contributed by atoms with Crippen molar-refractivity contribution in [3.8, 4) is 33.4 Å². The number of nitrogens with zero attached hydrogens (tertiary/aromatic N) is 2. The lowest BCUT2D eigenvalue weighted by atomic mass is 9.77. The minimum atomic E-state index is -0.646. The zero-order valence-electron chi connectivity index (χ0n) is 29.1. The normalized spacial score (nSPS) is 15.8. The van der Waals surface area contributed by atoms with Crippen molar-refractivity contribution in [2.45, 2.75) is 38.9 Å². The molecule has 3 aliphatic heterocycles. The smallest absolute Gasteiger partial charge is 0.399 e. The van der Waals surface area contributed by atoms with Gasteiger partial charge in [0.15, 0.2) is 0 Å². The second-order valence-electron chi connectivity index (χ2n) is 14.2. The molecule has 2 N–H and O–H groups in total. The first-order chi connectivity index (χ1) is 24.8. The molecular weight excluding hydrogens is 627 g/mol. The summed E-state index contributed by atoms with van der Waals surface area (Å²) in [7, 11) is -0.646. The van der Waals surface area contributed by atoms with E-state index < -0.39 is 18.3 Å². The van der Waals surface area contributed by atoms with Crippen LogP contribution < -0.4 is 5.46 Å². The summed E-state index contributed by atoms with van der Waals surface area (Å²) in [5, 5.41) is 0. The molecule has 0 amide bonds. The highest BCUT2D eigenvalue weighted by Crippen LogP contribution is 2.39. The van der Waals surface area contributed by atoms with Crippen molar-refractivity contribution >= 4 is 59.0 Å². The van der Waals surface area contributed by atoms with Crippen molar-refractivity contribution < 1.29 is 9.31 Å². The Morgan fingerprint density at radius 1 is 0.431 bits per heavy atom. The average molecular weight is 665 g/mol. The van der Waals surface area contributed by atoms with Gasteiger partial charge in [-0.25, -0.2) is 9.97 Å². The molecule has 0 aliphatic carbocycles. The first kappa shape index (κ1) is 31.2. The Labute approximate surface area is 297 Å². The van der Waals surface area contributed by atoms with Gasteiger partial charge >= 0.3 is 7.12 Å². The van der Waals surface area contributed by atoms with E-state index in [2.05, 4.69) is 159 Å².